The molecule has 1 unspecified atom stereocenters. The Morgan fingerprint density at radius 1 is 0.897 bits per heavy atom. The number of amides is 3. The van der Waals surface area contributed by atoms with Crippen molar-refractivity contribution in [2.45, 2.75) is 122 Å². The summed E-state index contributed by atoms with van der Waals surface area (Å²) < 4.78 is 0. The molecule has 178 valence electrons. The molecule has 1 atom stereocenters. The SMILES string of the molecule is CC.CC.CC.CCC.CCC.CCCCCNC(=O)CN1C(=O)CC(C)C1=O. The van der Waals surface area contributed by atoms with Crippen LogP contribution in [-0.2, 0) is 14.4 Å². The van der Waals surface area contributed by atoms with Gasteiger partial charge < -0.3 is 5.32 Å². The van der Waals surface area contributed by atoms with Crippen molar-refractivity contribution in [3.63, 3.8) is 0 Å². The summed E-state index contributed by atoms with van der Waals surface area (Å²) in [5.41, 5.74) is 0. The third-order valence-corrected chi connectivity index (χ3v) is 2.87. The van der Waals surface area contributed by atoms with Crippen molar-refractivity contribution in [3.8, 4) is 0 Å². The van der Waals surface area contributed by atoms with Crippen LogP contribution in [0.3, 0.4) is 0 Å². The molecule has 0 saturated carbocycles. The van der Waals surface area contributed by atoms with E-state index in [1.165, 1.54) is 12.8 Å². The summed E-state index contributed by atoms with van der Waals surface area (Å²) in [6.45, 7) is 24.8. The van der Waals surface area contributed by atoms with Crippen LogP contribution in [0.25, 0.3) is 0 Å². The molecule has 0 bridgehead atoms. The fourth-order valence-electron chi connectivity index (χ4n) is 1.82. The third kappa shape index (κ3) is 26.6. The highest BCUT2D eigenvalue weighted by molar-refractivity contribution is 6.05. The number of nitrogens with one attached hydrogen (secondary N) is 1. The van der Waals surface area contributed by atoms with Crippen molar-refractivity contribution >= 4 is 17.7 Å². The molecule has 1 aliphatic heterocycles. The topological polar surface area (TPSA) is 66.5 Å². The number of hydrogen-bond donors (Lipinski definition) is 1. The maximum absolute atomic E-state index is 11.6. The van der Waals surface area contributed by atoms with Gasteiger partial charge in [0.15, 0.2) is 0 Å². The normalized spacial score (nSPS) is 13.5. The second-order valence-corrected chi connectivity index (χ2v) is 5.89. The summed E-state index contributed by atoms with van der Waals surface area (Å²) in [4.78, 5) is 35.5. The van der Waals surface area contributed by atoms with E-state index in [0.29, 0.717) is 6.54 Å². The minimum Gasteiger partial charge on any atom is -0.355 e. The molecule has 0 aromatic heterocycles. The quantitative estimate of drug-likeness (QED) is 0.390. The van der Waals surface area contributed by atoms with E-state index in [1.807, 2.05) is 41.5 Å². The predicted molar refractivity (Wildman–Crippen MR) is 129 cm³/mol. The summed E-state index contributed by atoms with van der Waals surface area (Å²) in [6, 6.07) is 0. The molecule has 0 aliphatic carbocycles. The molecule has 29 heavy (non-hydrogen) atoms. The first kappa shape index (κ1) is 38.2. The van der Waals surface area contributed by atoms with E-state index in [4.69, 9.17) is 0 Å². The van der Waals surface area contributed by atoms with Crippen molar-refractivity contribution in [2.24, 2.45) is 5.92 Å². The Morgan fingerprint density at radius 3 is 1.62 bits per heavy atom. The minimum absolute atomic E-state index is 0.131. The van der Waals surface area contributed by atoms with Crippen LogP contribution in [0.5, 0.6) is 0 Å². The number of unbranched alkanes of at least 4 members (excludes halogenated alkanes) is 2. The van der Waals surface area contributed by atoms with E-state index < -0.39 is 0 Å². The largest absolute Gasteiger partial charge is 0.355 e. The summed E-state index contributed by atoms with van der Waals surface area (Å²) in [5, 5.41) is 2.72. The van der Waals surface area contributed by atoms with Crippen LogP contribution in [-0.4, -0.2) is 35.7 Å². The number of imide groups is 1. The highest BCUT2D eigenvalue weighted by Crippen LogP contribution is 2.17. The van der Waals surface area contributed by atoms with E-state index in [-0.39, 0.29) is 36.6 Å². The van der Waals surface area contributed by atoms with Gasteiger partial charge in [-0.05, 0) is 6.42 Å². The average molecular weight is 419 g/mol. The zero-order valence-electron chi connectivity index (χ0n) is 21.9. The molecule has 1 fully saturated rings. The first-order valence-corrected chi connectivity index (χ1v) is 12.0. The Bertz CT molecular complexity index is 343. The summed E-state index contributed by atoms with van der Waals surface area (Å²) in [6.07, 6.45) is 5.82. The van der Waals surface area contributed by atoms with Gasteiger partial charge in [-0.3, -0.25) is 19.3 Å². The van der Waals surface area contributed by atoms with Crippen molar-refractivity contribution in [1.82, 2.24) is 10.2 Å². The van der Waals surface area contributed by atoms with Crippen molar-refractivity contribution in [3.05, 3.63) is 0 Å². The predicted octanol–water partition coefficient (Wildman–Crippen LogP) is 6.60. The number of likely N-dealkylation sites (tertiary alicyclic amines) is 1. The maximum atomic E-state index is 11.6. The zero-order valence-corrected chi connectivity index (χ0v) is 21.9. The molecule has 1 heterocycles. The van der Waals surface area contributed by atoms with Crippen molar-refractivity contribution < 1.29 is 14.4 Å². The lowest BCUT2D eigenvalue weighted by Gasteiger charge is -2.13. The van der Waals surface area contributed by atoms with Crippen LogP contribution >= 0.6 is 0 Å². The fraction of sp³-hybridized carbons (Fsp3) is 0.875. The number of nitrogens with zero attached hydrogens (tertiary/aromatic N) is 1. The first-order chi connectivity index (χ1) is 13.9. The lowest BCUT2D eigenvalue weighted by atomic mass is 10.1. The van der Waals surface area contributed by atoms with E-state index in [1.54, 1.807) is 6.92 Å². The Morgan fingerprint density at radius 2 is 1.31 bits per heavy atom. The molecule has 0 aromatic carbocycles. The van der Waals surface area contributed by atoms with E-state index in [9.17, 15) is 14.4 Å². The monoisotopic (exact) mass is 418 g/mol. The highest BCUT2D eigenvalue weighted by atomic mass is 16.2. The van der Waals surface area contributed by atoms with Gasteiger partial charge >= 0.3 is 0 Å². The van der Waals surface area contributed by atoms with Crippen LogP contribution in [0.15, 0.2) is 0 Å². The molecular formula is C24H54N2O3. The zero-order chi connectivity index (χ0) is 24.3. The van der Waals surface area contributed by atoms with Gasteiger partial charge in [0.25, 0.3) is 0 Å². The highest BCUT2D eigenvalue weighted by Gasteiger charge is 2.36. The molecular weight excluding hydrogens is 364 g/mol. The Labute approximate surface area is 183 Å². The summed E-state index contributed by atoms with van der Waals surface area (Å²) >= 11 is 0. The number of rotatable bonds is 6. The Kier molecular flexibility index (Phi) is 45.0. The molecule has 1 rings (SSSR count). The van der Waals surface area contributed by atoms with Gasteiger partial charge in [0, 0.05) is 18.9 Å². The van der Waals surface area contributed by atoms with Gasteiger partial charge in [0.2, 0.25) is 17.7 Å². The van der Waals surface area contributed by atoms with Crippen LogP contribution in [0, 0.1) is 5.92 Å². The number of carbonyl (C=O) groups is 3. The maximum Gasteiger partial charge on any atom is 0.240 e. The van der Waals surface area contributed by atoms with Gasteiger partial charge in [0.1, 0.15) is 6.54 Å². The summed E-state index contributed by atoms with van der Waals surface area (Å²) in [7, 11) is 0. The van der Waals surface area contributed by atoms with Crippen molar-refractivity contribution in [1.29, 1.82) is 0 Å². The molecule has 1 N–H and O–H groups in total. The van der Waals surface area contributed by atoms with E-state index >= 15 is 0 Å². The van der Waals surface area contributed by atoms with Gasteiger partial charge in [-0.1, -0.05) is 109 Å². The summed E-state index contributed by atoms with van der Waals surface area (Å²) in [5.74, 6) is -1.02. The fourth-order valence-corrected chi connectivity index (χ4v) is 1.82. The Balaban J connectivity index is -0.000000135. The van der Waals surface area contributed by atoms with Gasteiger partial charge in [-0.2, -0.15) is 0 Å². The van der Waals surface area contributed by atoms with E-state index in [2.05, 4.69) is 39.9 Å². The molecule has 5 nitrogen and oxygen atoms in total. The molecule has 0 spiro atoms. The number of carbonyl (C=O) groups excluding carboxylic acids is 3. The average Bonchev–Trinajstić information content (AvgIpc) is 2.97. The van der Waals surface area contributed by atoms with Gasteiger partial charge in [0.05, 0.1) is 0 Å². The van der Waals surface area contributed by atoms with Crippen LogP contribution in [0.1, 0.15) is 122 Å². The first-order valence-electron chi connectivity index (χ1n) is 12.0. The minimum atomic E-state index is -0.282. The smallest absolute Gasteiger partial charge is 0.240 e. The van der Waals surface area contributed by atoms with Crippen LogP contribution in [0.4, 0.5) is 0 Å². The third-order valence-electron chi connectivity index (χ3n) is 2.87. The lowest BCUT2D eigenvalue weighted by Crippen LogP contribution is -2.40. The van der Waals surface area contributed by atoms with Gasteiger partial charge in [-0.25, -0.2) is 0 Å². The standard InChI is InChI=1S/C12H20N2O3.2C3H8.3C2H6/c1-3-4-5-6-13-10(15)8-14-11(16)7-9(2)12(14)17;2*1-3-2;3*1-2/h9H,3-8H2,1-2H3,(H,13,15);2*3H2,1-2H3;3*1-2H3. The second-order valence-electron chi connectivity index (χ2n) is 5.89. The molecule has 0 radical (unpaired) electrons. The van der Waals surface area contributed by atoms with Crippen molar-refractivity contribution in [2.75, 3.05) is 13.1 Å². The lowest BCUT2D eigenvalue weighted by molar-refractivity contribution is -0.143. The number of hydrogen-bond acceptors (Lipinski definition) is 3. The van der Waals surface area contributed by atoms with Crippen LogP contribution < -0.4 is 5.32 Å². The van der Waals surface area contributed by atoms with Gasteiger partial charge in [-0.15, -0.1) is 0 Å². The second kappa shape index (κ2) is 34.1. The molecule has 1 aliphatic rings. The van der Waals surface area contributed by atoms with E-state index in [0.717, 1.165) is 24.2 Å². The molecule has 5 heteroatoms. The molecule has 0 aromatic rings. The molecule has 3 amide bonds. The Hall–Kier alpha value is -1.39. The molecule has 1 saturated heterocycles. The van der Waals surface area contributed by atoms with Crippen LogP contribution in [0.2, 0.25) is 0 Å².